The van der Waals surface area contributed by atoms with Crippen LogP contribution in [0.25, 0.3) is 41.0 Å². The van der Waals surface area contributed by atoms with Crippen molar-refractivity contribution < 1.29 is 66.3 Å². The number of thiophene rings is 3. The van der Waals surface area contributed by atoms with Gasteiger partial charge >= 0.3 is 0 Å². The summed E-state index contributed by atoms with van der Waals surface area (Å²) in [6.07, 6.45) is 6.24. The first-order valence-corrected chi connectivity index (χ1v) is 41.3. The van der Waals surface area contributed by atoms with Crippen LogP contribution in [-0.2, 0) is 56.8 Å². The average molecular weight is 1570 g/mol. The fourth-order valence-electron chi connectivity index (χ4n) is 13.3. The van der Waals surface area contributed by atoms with Gasteiger partial charge in [-0.05, 0) is 264 Å². The smallest absolute Gasteiger partial charge is 0.137 e. The van der Waals surface area contributed by atoms with Crippen LogP contribution in [0.15, 0.2) is 107 Å². The fourth-order valence-corrected chi connectivity index (χ4v) is 16.6. The average Bonchev–Trinajstić information content (AvgIpc) is 1.25. The van der Waals surface area contributed by atoms with Gasteiger partial charge in [0.05, 0.1) is 131 Å². The predicted octanol–water partition coefficient (Wildman–Crippen LogP) is 22.9. The molecule has 0 bridgehead atoms. The van der Waals surface area contributed by atoms with Crippen molar-refractivity contribution in [3.05, 3.63) is 128 Å². The Bertz CT molecular complexity index is 4150. The van der Waals surface area contributed by atoms with Crippen LogP contribution in [0.5, 0.6) is 11.5 Å². The zero-order chi connectivity index (χ0) is 78.6. The highest BCUT2D eigenvalue weighted by Crippen LogP contribution is 2.46. The minimum atomic E-state index is -0.240. The number of hydrogen-bond acceptors (Lipinski definition) is 19. The first-order valence-electron chi connectivity index (χ1n) is 37.9. The van der Waals surface area contributed by atoms with Crippen molar-refractivity contribution in [3.8, 4) is 11.5 Å². The van der Waals surface area contributed by atoms with E-state index in [1.807, 2.05) is 18.5 Å². The number of fused-ring (bicyclic) bond motifs is 4. The van der Waals surface area contributed by atoms with E-state index in [9.17, 15) is 0 Å². The second-order valence-corrected chi connectivity index (χ2v) is 39.8. The molecule has 4 fully saturated rings. The van der Waals surface area contributed by atoms with Gasteiger partial charge in [0, 0.05) is 53.9 Å². The number of benzene rings is 3. The van der Waals surface area contributed by atoms with E-state index in [2.05, 4.69) is 264 Å². The van der Waals surface area contributed by atoms with Crippen LogP contribution < -0.4 is 9.47 Å². The molecule has 3 aromatic carbocycles. The summed E-state index contributed by atoms with van der Waals surface area (Å²) in [5.41, 5.74) is 0.381. The van der Waals surface area contributed by atoms with Crippen LogP contribution in [0.1, 0.15) is 228 Å². The molecule has 107 heavy (non-hydrogen) atoms. The molecule has 4 aliphatic heterocycles. The van der Waals surface area contributed by atoms with Crippen LogP contribution in [0, 0.1) is 9.28 Å². The maximum Gasteiger partial charge on any atom is 0.137 e. The Kier molecular flexibility index (Phi) is 28.6. The van der Waals surface area contributed by atoms with Crippen molar-refractivity contribution in [2.24, 2.45) is 0 Å². The number of rotatable bonds is 18. The van der Waals surface area contributed by atoms with Gasteiger partial charge in [0.25, 0.3) is 0 Å². The number of aromatic nitrogens is 2. The van der Waals surface area contributed by atoms with E-state index in [-0.39, 0.29) is 118 Å². The van der Waals surface area contributed by atoms with Crippen molar-refractivity contribution in [1.29, 1.82) is 0 Å². The molecule has 21 heteroatoms. The quantitative estimate of drug-likeness (QED) is 0.0752. The largest absolute Gasteiger partial charge is 0.496 e. The zero-order valence-corrected chi connectivity index (χ0v) is 72.7. The maximum absolute atomic E-state index is 6.46. The SMILES string of the molecule is CC(C)(C)OC[C@H]1O[C@@H](n2ccc3ccsc3c2=S)CC1OC(C)(C)C.CC(C)(C)OC[C@H]1O[C@@H](n2ccc3ccsc3c2=S)CC1OC(C)(C)C.COc1cc2ccccc2cc1[C@H]1CC(OC(C)(C)C)[C@@H](COC(C)(C)C)O1.COc1cc2sccc2cc1[C@H]1CC(OC(C)(C)C)[C@@H](COC(C)(C)C)O1. The fraction of sp³-hybridized carbons (Fsp3) is 0.628. The molecular weight excluding hydrogens is 1450 g/mol. The molecule has 12 rings (SSSR count). The first kappa shape index (κ1) is 86.6. The van der Waals surface area contributed by atoms with Crippen molar-refractivity contribution >= 4 is 99.5 Å². The molecule has 4 unspecified atom stereocenters. The van der Waals surface area contributed by atoms with Crippen LogP contribution in [-0.4, -0.2) is 143 Å². The molecule has 9 heterocycles. The Morgan fingerprint density at radius 3 is 1.04 bits per heavy atom. The van der Waals surface area contributed by atoms with Crippen LogP contribution in [0.2, 0.25) is 0 Å². The normalized spacial score (nSPS) is 24.0. The lowest BCUT2D eigenvalue weighted by Gasteiger charge is -2.29. The highest BCUT2D eigenvalue weighted by atomic mass is 32.1. The predicted molar refractivity (Wildman–Crippen MR) is 443 cm³/mol. The van der Waals surface area contributed by atoms with Gasteiger partial charge in [-0.15, -0.1) is 34.0 Å². The Morgan fingerprint density at radius 2 is 0.682 bits per heavy atom. The summed E-state index contributed by atoms with van der Waals surface area (Å²) in [6, 6.07) is 27.4. The summed E-state index contributed by atoms with van der Waals surface area (Å²) >= 11 is 16.5. The van der Waals surface area contributed by atoms with Crippen LogP contribution in [0.3, 0.4) is 0 Å². The molecule has 0 aliphatic carbocycles. The molecule has 0 spiro atoms. The van der Waals surface area contributed by atoms with E-state index in [0.29, 0.717) is 26.4 Å². The van der Waals surface area contributed by atoms with E-state index in [0.717, 1.165) is 72.4 Å². The Balaban J connectivity index is 0.000000165. The molecule has 4 saturated heterocycles. The Hall–Kier alpha value is -4.34. The minimum absolute atomic E-state index is 0.0137. The summed E-state index contributed by atoms with van der Waals surface area (Å²) in [5.74, 6) is 1.73. The monoisotopic (exact) mass is 1570 g/mol. The zero-order valence-electron chi connectivity index (χ0n) is 68.6. The lowest BCUT2D eigenvalue weighted by Crippen LogP contribution is -2.37. The van der Waals surface area contributed by atoms with Gasteiger partial charge in [-0.25, -0.2) is 0 Å². The molecular formula is C86H124N2O14S5. The molecule has 0 amide bonds. The van der Waals surface area contributed by atoms with Crippen LogP contribution in [0.4, 0.5) is 0 Å². The third-order valence-corrected chi connectivity index (χ3v) is 21.6. The number of hydrogen-bond donors (Lipinski definition) is 0. The maximum atomic E-state index is 6.46. The van der Waals surface area contributed by atoms with Gasteiger partial charge in [0.1, 0.15) is 57.7 Å². The van der Waals surface area contributed by atoms with Crippen molar-refractivity contribution in [1.82, 2.24) is 9.13 Å². The summed E-state index contributed by atoms with van der Waals surface area (Å²) in [5, 5.41) is 12.2. The molecule has 12 atom stereocenters. The van der Waals surface area contributed by atoms with E-state index >= 15 is 0 Å². The highest BCUT2D eigenvalue weighted by Gasteiger charge is 2.45. The molecule has 4 aliphatic rings. The molecule has 8 aromatic rings. The number of nitrogens with zero attached hydrogens (tertiary/aromatic N) is 2. The molecule has 0 saturated carbocycles. The molecule has 5 aromatic heterocycles. The minimum Gasteiger partial charge on any atom is -0.496 e. The standard InChI is InChI=1S/C24H34O4.C22H32O4S.2C20H29NO3S2/c1-23(2,3)26-15-22-21(28-24(4,5)6)14-20(27-22)18-12-16-10-8-9-11-17(16)13-19(18)25-7;1-21(2,3)24-13-19-18(26-22(4,5)6)11-17(25-19)15-10-14-8-9-27-20(14)12-16(15)23-7;2*1-19(2,3)22-12-15-14(24-20(4,5)6)11-16(23-15)21-9-7-13-8-10-26-17(13)18(21)25/h8-13,20-22H,14-15H2,1-7H3;8-10,12,17-19H,11,13H2,1-7H3;2*7-10,14-16H,11-12H2,1-6H3/t20-,21?,22-;17-,18?,19-;2*14?,15-,16-/m1111/s1. The number of ether oxygens (including phenoxy) is 14. The van der Waals surface area contributed by atoms with Crippen molar-refractivity contribution in [2.45, 2.75) is 310 Å². The van der Waals surface area contributed by atoms with Gasteiger partial charge < -0.3 is 75.5 Å². The Morgan fingerprint density at radius 1 is 0.364 bits per heavy atom. The van der Waals surface area contributed by atoms with E-state index in [4.69, 9.17) is 90.8 Å². The third-order valence-electron chi connectivity index (χ3n) is 17.8. The lowest BCUT2D eigenvalue weighted by molar-refractivity contribution is -0.132. The van der Waals surface area contributed by atoms with E-state index in [1.165, 1.54) is 26.2 Å². The topological polar surface area (TPSA) is 139 Å². The highest BCUT2D eigenvalue weighted by molar-refractivity contribution is 7.72. The van der Waals surface area contributed by atoms with E-state index in [1.54, 1.807) is 48.2 Å². The van der Waals surface area contributed by atoms with Crippen molar-refractivity contribution in [3.63, 3.8) is 0 Å². The number of pyridine rings is 2. The summed E-state index contributed by atoms with van der Waals surface area (Å²) in [6.45, 7) is 51.7. The molecule has 0 N–H and O–H groups in total. The van der Waals surface area contributed by atoms with Crippen LogP contribution >= 0.6 is 58.4 Å². The molecule has 0 radical (unpaired) electrons. The van der Waals surface area contributed by atoms with E-state index < -0.39 is 0 Å². The number of methoxy groups -OCH3 is 2. The van der Waals surface area contributed by atoms with Gasteiger partial charge in [-0.3, -0.25) is 0 Å². The van der Waals surface area contributed by atoms with Gasteiger partial charge in [-0.2, -0.15) is 0 Å². The third kappa shape index (κ3) is 25.6. The lowest BCUT2D eigenvalue weighted by atomic mass is 9.99. The summed E-state index contributed by atoms with van der Waals surface area (Å²) in [7, 11) is 3.43. The first-order chi connectivity index (χ1) is 49.7. The Labute approximate surface area is 660 Å². The van der Waals surface area contributed by atoms with Crippen molar-refractivity contribution in [2.75, 3.05) is 40.6 Å². The summed E-state index contributed by atoms with van der Waals surface area (Å²) in [4.78, 5) is 0. The second-order valence-electron chi connectivity index (χ2n) is 36.3. The molecule has 16 nitrogen and oxygen atoms in total. The molecule has 592 valence electrons. The van der Waals surface area contributed by atoms with Gasteiger partial charge in [-0.1, -0.05) is 48.7 Å². The van der Waals surface area contributed by atoms with Gasteiger partial charge in [0.2, 0.25) is 0 Å². The van der Waals surface area contributed by atoms with Gasteiger partial charge in [0.15, 0.2) is 0 Å². The summed E-state index contributed by atoms with van der Waals surface area (Å²) < 4.78 is 95.6. The second kappa shape index (κ2) is 35.4.